The summed E-state index contributed by atoms with van der Waals surface area (Å²) in [6.45, 7) is 8.48. The van der Waals surface area contributed by atoms with Crippen LogP contribution in [0.5, 0.6) is 0 Å². The molecule has 0 unspecified atom stereocenters. The first-order valence-electron chi connectivity index (χ1n) is 10.8. The number of likely N-dealkylation sites (tertiary alicyclic amines) is 1. The predicted molar refractivity (Wildman–Crippen MR) is 128 cm³/mol. The van der Waals surface area contributed by atoms with Crippen molar-refractivity contribution in [2.45, 2.75) is 45.8 Å². The van der Waals surface area contributed by atoms with E-state index in [0.29, 0.717) is 35.1 Å². The molecule has 3 rings (SSSR count). The van der Waals surface area contributed by atoms with Crippen molar-refractivity contribution in [3.8, 4) is 0 Å². The molecule has 5 nitrogen and oxygen atoms in total. The van der Waals surface area contributed by atoms with E-state index in [1.165, 1.54) is 0 Å². The van der Waals surface area contributed by atoms with Crippen LogP contribution in [0.1, 0.15) is 50.0 Å². The van der Waals surface area contributed by atoms with Gasteiger partial charge >= 0.3 is 0 Å². The summed E-state index contributed by atoms with van der Waals surface area (Å²) in [5.41, 5.74) is -0.454. The number of nitrogens with one attached hydrogen (secondary N) is 1. The van der Waals surface area contributed by atoms with Crippen LogP contribution < -0.4 is 5.32 Å². The molecule has 172 valence electrons. The maximum absolute atomic E-state index is 13.4. The number of amides is 2. The van der Waals surface area contributed by atoms with Crippen molar-refractivity contribution in [1.29, 1.82) is 0 Å². The minimum Gasteiger partial charge on any atom is -0.384 e. The lowest BCUT2D eigenvalue weighted by Gasteiger charge is -2.51. The Labute approximate surface area is 199 Å². The van der Waals surface area contributed by atoms with Crippen LogP contribution in [0.15, 0.2) is 48.5 Å². The zero-order chi connectivity index (χ0) is 23.7. The fourth-order valence-electron chi connectivity index (χ4n) is 4.31. The van der Waals surface area contributed by atoms with E-state index < -0.39 is 17.1 Å². The quantitative estimate of drug-likeness (QED) is 0.644. The number of rotatable bonds is 5. The van der Waals surface area contributed by atoms with E-state index in [-0.39, 0.29) is 17.7 Å². The summed E-state index contributed by atoms with van der Waals surface area (Å²) in [5, 5.41) is 15.6. The Morgan fingerprint density at radius 2 is 1.53 bits per heavy atom. The second-order valence-electron chi connectivity index (χ2n) is 9.46. The number of benzene rings is 2. The van der Waals surface area contributed by atoms with Gasteiger partial charge in [0.25, 0.3) is 5.91 Å². The van der Waals surface area contributed by atoms with Gasteiger partial charge in [-0.05, 0) is 54.3 Å². The number of carbonyl (C=O) groups is 2. The minimum absolute atomic E-state index is 0.0982. The molecule has 2 aromatic carbocycles. The third-order valence-electron chi connectivity index (χ3n) is 6.41. The van der Waals surface area contributed by atoms with E-state index in [2.05, 4.69) is 5.32 Å². The van der Waals surface area contributed by atoms with Gasteiger partial charge in [-0.2, -0.15) is 0 Å². The molecule has 0 bridgehead atoms. The number of carbonyl (C=O) groups excluding carboxylic acids is 2. The van der Waals surface area contributed by atoms with Gasteiger partial charge in [-0.1, -0.05) is 63.0 Å². The van der Waals surface area contributed by atoms with Gasteiger partial charge in [0.05, 0.1) is 5.60 Å². The molecule has 1 aliphatic heterocycles. The first kappa shape index (κ1) is 24.6. The van der Waals surface area contributed by atoms with Gasteiger partial charge in [0.1, 0.15) is 6.04 Å². The van der Waals surface area contributed by atoms with Crippen LogP contribution in [0.25, 0.3) is 0 Å². The lowest BCUT2D eigenvalue weighted by Crippen LogP contribution is -2.60. The molecule has 2 aromatic rings. The Bertz CT molecular complexity index is 974. The zero-order valence-corrected chi connectivity index (χ0v) is 20.4. The third-order valence-corrected chi connectivity index (χ3v) is 6.91. The maximum Gasteiger partial charge on any atom is 0.251 e. The highest BCUT2D eigenvalue weighted by Gasteiger charge is 2.50. The van der Waals surface area contributed by atoms with Crippen LogP contribution >= 0.6 is 23.2 Å². The molecule has 0 saturated carbocycles. The Morgan fingerprint density at radius 1 is 1.00 bits per heavy atom. The molecular formula is C25H30Cl2N2O3. The molecule has 0 spiro atoms. The zero-order valence-electron chi connectivity index (χ0n) is 18.9. The Balaban J connectivity index is 1.76. The smallest absolute Gasteiger partial charge is 0.251 e. The van der Waals surface area contributed by atoms with E-state index in [4.69, 9.17) is 23.2 Å². The van der Waals surface area contributed by atoms with Crippen LogP contribution in [-0.2, 0) is 10.4 Å². The maximum atomic E-state index is 13.4. The second kappa shape index (κ2) is 9.42. The number of hydrogen-bond acceptors (Lipinski definition) is 3. The molecule has 7 heteroatoms. The van der Waals surface area contributed by atoms with Crippen molar-refractivity contribution in [2.75, 3.05) is 13.1 Å². The SMILES string of the molecule is CC(C)[C@@H](NC(=O)c1ccc(Cl)cc1)C(=O)N1CC[C@@](O)(c2ccc(Cl)cc2)C(C)(C)C1. The highest BCUT2D eigenvalue weighted by atomic mass is 35.5. The van der Waals surface area contributed by atoms with Gasteiger partial charge in [-0.25, -0.2) is 0 Å². The molecule has 1 fully saturated rings. The monoisotopic (exact) mass is 476 g/mol. The van der Waals surface area contributed by atoms with Crippen molar-refractivity contribution in [3.63, 3.8) is 0 Å². The summed E-state index contributed by atoms with van der Waals surface area (Å²) >= 11 is 11.9. The van der Waals surface area contributed by atoms with Crippen LogP contribution in [0.2, 0.25) is 10.0 Å². The van der Waals surface area contributed by atoms with Crippen molar-refractivity contribution in [3.05, 3.63) is 69.7 Å². The summed E-state index contributed by atoms with van der Waals surface area (Å²) in [6, 6.07) is 13.1. The molecule has 0 aliphatic carbocycles. The van der Waals surface area contributed by atoms with Gasteiger partial charge in [0.15, 0.2) is 0 Å². The normalized spacial score (nSPS) is 21.3. The number of nitrogens with zero attached hydrogens (tertiary/aromatic N) is 1. The largest absolute Gasteiger partial charge is 0.384 e. The van der Waals surface area contributed by atoms with Gasteiger partial charge in [0, 0.05) is 34.1 Å². The Morgan fingerprint density at radius 3 is 2.03 bits per heavy atom. The summed E-state index contributed by atoms with van der Waals surface area (Å²) < 4.78 is 0. The molecule has 2 amide bonds. The van der Waals surface area contributed by atoms with Gasteiger partial charge in [0.2, 0.25) is 5.91 Å². The molecular weight excluding hydrogens is 447 g/mol. The van der Waals surface area contributed by atoms with Crippen molar-refractivity contribution in [1.82, 2.24) is 10.2 Å². The molecule has 2 atom stereocenters. The Hall–Kier alpha value is -2.08. The second-order valence-corrected chi connectivity index (χ2v) is 10.3. The first-order chi connectivity index (χ1) is 14.9. The number of hydrogen-bond donors (Lipinski definition) is 2. The summed E-state index contributed by atoms with van der Waals surface area (Å²) in [6.07, 6.45) is 0.392. The summed E-state index contributed by atoms with van der Waals surface area (Å²) in [4.78, 5) is 27.9. The molecule has 1 aliphatic rings. The average Bonchev–Trinajstić information content (AvgIpc) is 2.74. The van der Waals surface area contributed by atoms with Crippen LogP contribution in [0.3, 0.4) is 0 Å². The molecule has 0 aromatic heterocycles. The van der Waals surface area contributed by atoms with Gasteiger partial charge in [-0.3, -0.25) is 9.59 Å². The standard InChI is InChI=1S/C25H30Cl2N2O3/c1-16(2)21(28-22(30)17-5-9-19(26)10-6-17)23(31)29-14-13-25(32,24(3,4)15-29)18-7-11-20(27)12-8-18/h5-12,16,21,32H,13-15H2,1-4H3,(H,28,30)/t21-,25-/m1/s1. The molecule has 2 N–H and O–H groups in total. The molecule has 32 heavy (non-hydrogen) atoms. The highest BCUT2D eigenvalue weighted by molar-refractivity contribution is 6.30. The summed E-state index contributed by atoms with van der Waals surface area (Å²) in [5.74, 6) is -0.560. The van der Waals surface area contributed by atoms with Crippen molar-refractivity contribution >= 4 is 35.0 Å². The fraction of sp³-hybridized carbons (Fsp3) is 0.440. The predicted octanol–water partition coefficient (Wildman–Crippen LogP) is 4.89. The van der Waals surface area contributed by atoms with Gasteiger partial charge in [-0.15, -0.1) is 0 Å². The fourth-order valence-corrected chi connectivity index (χ4v) is 4.56. The highest BCUT2D eigenvalue weighted by Crippen LogP contribution is 2.46. The first-order valence-corrected chi connectivity index (χ1v) is 11.5. The Kier molecular flexibility index (Phi) is 7.23. The van der Waals surface area contributed by atoms with E-state index in [9.17, 15) is 14.7 Å². The van der Waals surface area contributed by atoms with E-state index in [1.54, 1.807) is 41.3 Å². The van der Waals surface area contributed by atoms with Crippen LogP contribution in [0, 0.1) is 11.3 Å². The van der Waals surface area contributed by atoms with E-state index in [0.717, 1.165) is 5.56 Å². The topological polar surface area (TPSA) is 69.6 Å². The van der Waals surface area contributed by atoms with Gasteiger partial charge < -0.3 is 15.3 Å². The molecule has 1 heterocycles. The van der Waals surface area contributed by atoms with Crippen LogP contribution in [-0.4, -0.2) is 41.0 Å². The third kappa shape index (κ3) is 4.95. The minimum atomic E-state index is -1.09. The lowest BCUT2D eigenvalue weighted by atomic mass is 9.66. The van der Waals surface area contributed by atoms with Crippen molar-refractivity contribution in [2.24, 2.45) is 11.3 Å². The molecule has 1 saturated heterocycles. The molecule has 0 radical (unpaired) electrons. The lowest BCUT2D eigenvalue weighted by molar-refractivity contribution is -0.155. The van der Waals surface area contributed by atoms with E-state index >= 15 is 0 Å². The summed E-state index contributed by atoms with van der Waals surface area (Å²) in [7, 11) is 0. The number of aliphatic hydroxyl groups is 1. The van der Waals surface area contributed by atoms with E-state index in [1.807, 2.05) is 39.8 Å². The van der Waals surface area contributed by atoms with Crippen molar-refractivity contribution < 1.29 is 14.7 Å². The van der Waals surface area contributed by atoms with Crippen LogP contribution in [0.4, 0.5) is 0 Å². The number of halogens is 2. The average molecular weight is 477 g/mol. The number of piperidine rings is 1.